The largest absolute Gasteiger partial charge is 0.387 e. The molecule has 19 heavy (non-hydrogen) atoms. The number of hydrogen-bond donors (Lipinski definition) is 1. The predicted octanol–water partition coefficient (Wildman–Crippen LogP) is 4.47. The first kappa shape index (κ1) is 13.6. The average Bonchev–Trinajstić information content (AvgIpc) is 2.49. The molecule has 1 heteroatoms. The summed E-state index contributed by atoms with van der Waals surface area (Å²) in [6.45, 7) is 2.10. The van der Waals surface area contributed by atoms with Crippen molar-refractivity contribution in [3.05, 3.63) is 83.9 Å². The lowest BCUT2D eigenvalue weighted by Gasteiger charge is -2.21. The third kappa shape index (κ3) is 3.55. The molecule has 0 aliphatic carbocycles. The average molecular weight is 252 g/mol. The second-order valence-corrected chi connectivity index (χ2v) is 4.63. The lowest BCUT2D eigenvalue weighted by Crippen LogP contribution is -2.08. The van der Waals surface area contributed by atoms with Crippen LogP contribution in [0.25, 0.3) is 0 Å². The van der Waals surface area contributed by atoms with Gasteiger partial charge < -0.3 is 5.11 Å². The van der Waals surface area contributed by atoms with Gasteiger partial charge in [0.25, 0.3) is 0 Å². The summed E-state index contributed by atoms with van der Waals surface area (Å²) in [6.07, 6.45) is 4.69. The molecular weight excluding hydrogens is 232 g/mol. The van der Waals surface area contributed by atoms with Crippen molar-refractivity contribution < 1.29 is 5.11 Å². The maximum Gasteiger partial charge on any atom is 0.0893 e. The molecule has 0 unspecified atom stereocenters. The third-order valence-corrected chi connectivity index (χ3v) is 3.24. The Morgan fingerprint density at radius 2 is 1.42 bits per heavy atom. The molecule has 98 valence electrons. The van der Waals surface area contributed by atoms with Gasteiger partial charge in [-0.15, -0.1) is 0 Å². The number of allylic oxidation sites excluding steroid dienone is 1. The van der Waals surface area contributed by atoms with Gasteiger partial charge in [-0.05, 0) is 17.5 Å². The minimum absolute atomic E-state index is 0.00329. The van der Waals surface area contributed by atoms with Gasteiger partial charge in [0.1, 0.15) is 0 Å². The fourth-order valence-corrected chi connectivity index (χ4v) is 2.21. The Hall–Kier alpha value is -1.86. The summed E-state index contributed by atoms with van der Waals surface area (Å²) in [4.78, 5) is 0. The molecule has 0 radical (unpaired) electrons. The van der Waals surface area contributed by atoms with Crippen molar-refractivity contribution in [1.29, 1.82) is 0 Å². The van der Waals surface area contributed by atoms with E-state index in [2.05, 4.69) is 31.2 Å². The predicted molar refractivity (Wildman–Crippen MR) is 80.0 cm³/mol. The van der Waals surface area contributed by atoms with E-state index in [0.29, 0.717) is 0 Å². The van der Waals surface area contributed by atoms with Crippen LogP contribution in [0.3, 0.4) is 0 Å². The van der Waals surface area contributed by atoms with Gasteiger partial charge in [-0.2, -0.15) is 0 Å². The summed E-state index contributed by atoms with van der Waals surface area (Å²) in [5.41, 5.74) is 2.10. The standard InChI is InChI=1S/C18H20O/c1-2-3-14-17(15-10-6-4-7-11-15)18(19)16-12-8-5-9-13-16/h3-14,17-19H,2H2,1H3/b14-3+/t17-,18+/m1/s1. The molecular formula is C18H20O. The SMILES string of the molecule is CC/C=C/[C@H](c1ccccc1)[C@@H](O)c1ccccc1. The van der Waals surface area contributed by atoms with Crippen molar-refractivity contribution in [2.75, 3.05) is 0 Å². The van der Waals surface area contributed by atoms with Crippen molar-refractivity contribution in [2.24, 2.45) is 0 Å². The van der Waals surface area contributed by atoms with Crippen molar-refractivity contribution >= 4 is 0 Å². The van der Waals surface area contributed by atoms with Gasteiger partial charge in [0.05, 0.1) is 6.10 Å². The van der Waals surface area contributed by atoms with Crippen LogP contribution >= 0.6 is 0 Å². The van der Waals surface area contributed by atoms with Gasteiger partial charge in [-0.1, -0.05) is 79.7 Å². The molecule has 0 bridgehead atoms. The van der Waals surface area contributed by atoms with E-state index in [1.165, 1.54) is 0 Å². The van der Waals surface area contributed by atoms with E-state index in [1.807, 2.05) is 48.5 Å². The normalized spacial score (nSPS) is 14.4. The summed E-state index contributed by atoms with van der Waals surface area (Å²) in [5.74, 6) is 0.00329. The number of aliphatic hydroxyl groups is 1. The van der Waals surface area contributed by atoms with E-state index in [4.69, 9.17) is 0 Å². The monoisotopic (exact) mass is 252 g/mol. The van der Waals surface area contributed by atoms with E-state index in [-0.39, 0.29) is 5.92 Å². The van der Waals surface area contributed by atoms with E-state index < -0.39 is 6.10 Å². The van der Waals surface area contributed by atoms with Crippen LogP contribution < -0.4 is 0 Å². The molecule has 0 amide bonds. The number of aliphatic hydroxyl groups excluding tert-OH is 1. The fourth-order valence-electron chi connectivity index (χ4n) is 2.21. The Kier molecular flexibility index (Phi) is 4.93. The van der Waals surface area contributed by atoms with Gasteiger partial charge in [-0.3, -0.25) is 0 Å². The van der Waals surface area contributed by atoms with Crippen LogP contribution in [0.1, 0.15) is 36.5 Å². The molecule has 0 saturated heterocycles. The zero-order chi connectivity index (χ0) is 13.5. The Morgan fingerprint density at radius 3 is 1.95 bits per heavy atom. The number of hydrogen-bond acceptors (Lipinski definition) is 1. The number of benzene rings is 2. The Morgan fingerprint density at radius 1 is 0.895 bits per heavy atom. The molecule has 2 rings (SSSR count). The lowest BCUT2D eigenvalue weighted by atomic mass is 9.88. The van der Waals surface area contributed by atoms with E-state index in [1.54, 1.807) is 0 Å². The van der Waals surface area contributed by atoms with Gasteiger partial charge >= 0.3 is 0 Å². The van der Waals surface area contributed by atoms with Crippen LogP contribution in [0.2, 0.25) is 0 Å². The quantitative estimate of drug-likeness (QED) is 0.778. The summed E-state index contributed by atoms with van der Waals surface area (Å²) < 4.78 is 0. The molecule has 2 atom stereocenters. The maximum absolute atomic E-state index is 10.6. The highest BCUT2D eigenvalue weighted by molar-refractivity contribution is 5.30. The topological polar surface area (TPSA) is 20.2 Å². The Balaban J connectivity index is 2.31. The highest BCUT2D eigenvalue weighted by Crippen LogP contribution is 2.32. The molecule has 0 aliphatic rings. The molecule has 2 aromatic rings. The van der Waals surface area contributed by atoms with Crippen molar-refractivity contribution in [3.63, 3.8) is 0 Å². The summed E-state index contributed by atoms with van der Waals surface area (Å²) >= 11 is 0. The van der Waals surface area contributed by atoms with E-state index in [0.717, 1.165) is 17.5 Å². The number of rotatable bonds is 5. The first-order valence-electron chi connectivity index (χ1n) is 6.77. The molecule has 0 fully saturated rings. The zero-order valence-electron chi connectivity index (χ0n) is 11.2. The minimum Gasteiger partial charge on any atom is -0.387 e. The van der Waals surface area contributed by atoms with Crippen LogP contribution in [0, 0.1) is 0 Å². The second-order valence-electron chi connectivity index (χ2n) is 4.63. The smallest absolute Gasteiger partial charge is 0.0893 e. The van der Waals surface area contributed by atoms with Crippen LogP contribution in [0.15, 0.2) is 72.8 Å². The van der Waals surface area contributed by atoms with Crippen LogP contribution in [0.5, 0.6) is 0 Å². The van der Waals surface area contributed by atoms with Crippen LogP contribution in [-0.4, -0.2) is 5.11 Å². The molecule has 1 nitrogen and oxygen atoms in total. The Labute approximate surface area is 115 Å². The summed E-state index contributed by atoms with van der Waals surface area (Å²) in [7, 11) is 0. The first-order valence-corrected chi connectivity index (χ1v) is 6.77. The van der Waals surface area contributed by atoms with Gasteiger partial charge in [0.15, 0.2) is 0 Å². The van der Waals surface area contributed by atoms with Crippen molar-refractivity contribution in [1.82, 2.24) is 0 Å². The van der Waals surface area contributed by atoms with E-state index >= 15 is 0 Å². The van der Waals surface area contributed by atoms with Gasteiger partial charge in [0.2, 0.25) is 0 Å². The minimum atomic E-state index is -0.508. The Bertz CT molecular complexity index is 502. The molecule has 0 aromatic heterocycles. The van der Waals surface area contributed by atoms with Crippen molar-refractivity contribution in [3.8, 4) is 0 Å². The van der Waals surface area contributed by atoms with Crippen LogP contribution in [-0.2, 0) is 0 Å². The molecule has 0 aliphatic heterocycles. The molecule has 1 N–H and O–H groups in total. The fraction of sp³-hybridized carbons (Fsp3) is 0.222. The molecule has 0 saturated carbocycles. The third-order valence-electron chi connectivity index (χ3n) is 3.24. The zero-order valence-corrected chi connectivity index (χ0v) is 11.2. The highest BCUT2D eigenvalue weighted by Gasteiger charge is 2.19. The lowest BCUT2D eigenvalue weighted by molar-refractivity contribution is 0.161. The first-order chi connectivity index (χ1) is 9.33. The molecule has 0 spiro atoms. The molecule has 2 aromatic carbocycles. The van der Waals surface area contributed by atoms with Crippen LogP contribution in [0.4, 0.5) is 0 Å². The van der Waals surface area contributed by atoms with Gasteiger partial charge in [0, 0.05) is 5.92 Å². The molecule has 0 heterocycles. The van der Waals surface area contributed by atoms with Gasteiger partial charge in [-0.25, -0.2) is 0 Å². The van der Waals surface area contributed by atoms with Crippen molar-refractivity contribution in [2.45, 2.75) is 25.4 Å². The second kappa shape index (κ2) is 6.91. The summed E-state index contributed by atoms with van der Waals surface area (Å²) in [6, 6.07) is 20.0. The van der Waals surface area contributed by atoms with E-state index in [9.17, 15) is 5.11 Å². The highest BCUT2D eigenvalue weighted by atomic mass is 16.3. The maximum atomic E-state index is 10.6. The summed E-state index contributed by atoms with van der Waals surface area (Å²) in [5, 5.41) is 10.6.